The Balaban J connectivity index is 1.81. The number of halogens is 1. The molecule has 7 heteroatoms. The summed E-state index contributed by atoms with van der Waals surface area (Å²) in [6.45, 7) is 1.68. The Bertz CT molecular complexity index is 1030. The lowest BCUT2D eigenvalue weighted by Crippen LogP contribution is -2.28. The number of para-hydroxylation sites is 1. The maximum atomic E-state index is 12.4. The number of rotatable bonds is 5. The third-order valence-electron chi connectivity index (χ3n) is 4.21. The van der Waals surface area contributed by atoms with Crippen LogP contribution in [0.25, 0.3) is 10.9 Å². The first kappa shape index (κ1) is 17.9. The van der Waals surface area contributed by atoms with Crippen molar-refractivity contribution in [2.24, 2.45) is 7.05 Å². The molecule has 25 heavy (non-hydrogen) atoms. The average Bonchev–Trinajstić information content (AvgIpc) is 2.92. The predicted molar refractivity (Wildman–Crippen MR) is 99.3 cm³/mol. The minimum atomic E-state index is -3.75. The largest absolute Gasteiger partial charge is 0.387 e. The Labute approximate surface area is 151 Å². The summed E-state index contributed by atoms with van der Waals surface area (Å²) in [7, 11) is -1.86. The lowest BCUT2D eigenvalue weighted by Gasteiger charge is -2.12. The summed E-state index contributed by atoms with van der Waals surface area (Å²) >= 11 is 6.00. The number of nitrogens with one attached hydrogen (secondary N) is 1. The molecule has 0 aliphatic heterocycles. The number of hydrogen-bond acceptors (Lipinski definition) is 3. The van der Waals surface area contributed by atoms with E-state index in [9.17, 15) is 13.5 Å². The minimum absolute atomic E-state index is 0.0771. The van der Waals surface area contributed by atoms with Gasteiger partial charge in [0.2, 0.25) is 10.0 Å². The van der Waals surface area contributed by atoms with Gasteiger partial charge in [-0.3, -0.25) is 0 Å². The van der Waals surface area contributed by atoms with Gasteiger partial charge in [-0.25, -0.2) is 13.1 Å². The molecule has 0 saturated carbocycles. The van der Waals surface area contributed by atoms with Crippen LogP contribution < -0.4 is 4.72 Å². The van der Waals surface area contributed by atoms with Gasteiger partial charge in [-0.2, -0.15) is 0 Å². The van der Waals surface area contributed by atoms with Crippen molar-refractivity contribution in [1.29, 1.82) is 0 Å². The number of sulfonamides is 1. The molecule has 132 valence electrons. The first-order chi connectivity index (χ1) is 11.8. The maximum absolute atomic E-state index is 12.4. The number of aryl methyl sites for hydroxylation is 2. The summed E-state index contributed by atoms with van der Waals surface area (Å²) in [5.41, 5.74) is 2.46. The maximum Gasteiger partial charge on any atom is 0.240 e. The predicted octanol–water partition coefficient (Wildman–Crippen LogP) is 3.15. The zero-order valence-electron chi connectivity index (χ0n) is 13.9. The average molecular weight is 379 g/mol. The molecule has 1 aromatic heterocycles. The summed E-state index contributed by atoms with van der Waals surface area (Å²) in [6, 6.07) is 12.2. The van der Waals surface area contributed by atoms with Crippen LogP contribution >= 0.6 is 11.6 Å². The lowest BCUT2D eigenvalue weighted by molar-refractivity contribution is 0.183. The van der Waals surface area contributed by atoms with Crippen LogP contribution in [0.3, 0.4) is 0 Å². The molecule has 0 radical (unpaired) electrons. The molecular weight excluding hydrogens is 360 g/mol. The molecule has 2 N–H and O–H groups in total. The highest BCUT2D eigenvalue weighted by Crippen LogP contribution is 2.26. The number of aliphatic hydroxyl groups is 1. The van der Waals surface area contributed by atoms with Gasteiger partial charge >= 0.3 is 0 Å². The van der Waals surface area contributed by atoms with E-state index in [-0.39, 0.29) is 11.4 Å². The SMILES string of the molecule is Cc1ccc(S(=O)(=O)NCC(O)c2cn(C)c3ccccc23)cc1Cl. The second-order valence-corrected chi connectivity index (χ2v) is 8.17. The summed E-state index contributed by atoms with van der Waals surface area (Å²) in [6.07, 6.45) is 0.855. The Morgan fingerprint density at radius 1 is 1.24 bits per heavy atom. The van der Waals surface area contributed by atoms with Gasteiger partial charge in [0.05, 0.1) is 11.0 Å². The highest BCUT2D eigenvalue weighted by Gasteiger charge is 2.19. The fourth-order valence-corrected chi connectivity index (χ4v) is 4.07. The van der Waals surface area contributed by atoms with Gasteiger partial charge < -0.3 is 9.67 Å². The van der Waals surface area contributed by atoms with Crippen LogP contribution in [0.4, 0.5) is 0 Å². The van der Waals surface area contributed by atoms with Crippen molar-refractivity contribution in [3.63, 3.8) is 0 Å². The monoisotopic (exact) mass is 378 g/mol. The topological polar surface area (TPSA) is 71.3 Å². The smallest absolute Gasteiger partial charge is 0.240 e. The van der Waals surface area contributed by atoms with Gasteiger partial charge in [-0.05, 0) is 30.7 Å². The van der Waals surface area contributed by atoms with Crippen molar-refractivity contribution in [3.05, 3.63) is 64.8 Å². The zero-order chi connectivity index (χ0) is 18.2. The van der Waals surface area contributed by atoms with E-state index in [0.717, 1.165) is 16.5 Å². The number of hydrogen-bond donors (Lipinski definition) is 2. The number of nitrogens with zero attached hydrogens (tertiary/aromatic N) is 1. The number of aromatic nitrogens is 1. The van der Waals surface area contributed by atoms with Crippen molar-refractivity contribution in [2.45, 2.75) is 17.9 Å². The molecule has 0 aliphatic carbocycles. The van der Waals surface area contributed by atoms with Crippen LogP contribution in [-0.2, 0) is 17.1 Å². The van der Waals surface area contributed by atoms with Gasteiger partial charge in [0.25, 0.3) is 0 Å². The summed E-state index contributed by atoms with van der Waals surface area (Å²) in [4.78, 5) is 0.0771. The molecule has 3 aromatic rings. The van der Waals surface area contributed by atoms with E-state index in [1.165, 1.54) is 12.1 Å². The molecule has 0 saturated heterocycles. The number of benzene rings is 2. The van der Waals surface area contributed by atoms with Crippen molar-refractivity contribution in [2.75, 3.05) is 6.54 Å². The van der Waals surface area contributed by atoms with Crippen LogP contribution in [0.1, 0.15) is 17.2 Å². The van der Waals surface area contributed by atoms with E-state index in [0.29, 0.717) is 10.6 Å². The van der Waals surface area contributed by atoms with E-state index in [2.05, 4.69) is 4.72 Å². The first-order valence-electron chi connectivity index (χ1n) is 7.77. The van der Waals surface area contributed by atoms with E-state index in [4.69, 9.17) is 11.6 Å². The third kappa shape index (κ3) is 3.57. The van der Waals surface area contributed by atoms with Gasteiger partial charge in [-0.1, -0.05) is 35.9 Å². The molecular formula is C18H19ClN2O3S. The molecule has 0 bridgehead atoms. The summed E-state index contributed by atoms with van der Waals surface area (Å²) in [5.74, 6) is 0. The second kappa shape index (κ2) is 6.80. The van der Waals surface area contributed by atoms with Crippen LogP contribution in [0.15, 0.2) is 53.6 Å². The molecule has 0 aliphatic rings. The van der Waals surface area contributed by atoms with E-state index >= 15 is 0 Å². The van der Waals surface area contributed by atoms with Crippen LogP contribution in [0.2, 0.25) is 5.02 Å². The fourth-order valence-electron chi connectivity index (χ4n) is 2.76. The molecule has 3 rings (SSSR count). The Kier molecular flexibility index (Phi) is 4.88. The highest BCUT2D eigenvalue weighted by atomic mass is 35.5. The van der Waals surface area contributed by atoms with Crippen LogP contribution in [0.5, 0.6) is 0 Å². The highest BCUT2D eigenvalue weighted by molar-refractivity contribution is 7.89. The van der Waals surface area contributed by atoms with Crippen molar-refractivity contribution in [3.8, 4) is 0 Å². The number of fused-ring (bicyclic) bond motifs is 1. The molecule has 0 amide bonds. The molecule has 5 nitrogen and oxygen atoms in total. The standard InChI is InChI=1S/C18H19ClN2O3S/c1-12-7-8-13(9-16(12)19)25(23,24)20-10-18(22)15-11-21(2)17-6-4-3-5-14(15)17/h3-9,11,18,20,22H,10H2,1-2H3. The lowest BCUT2D eigenvalue weighted by atomic mass is 10.1. The van der Waals surface area contributed by atoms with Gasteiger partial charge in [0.15, 0.2) is 0 Å². The van der Waals surface area contributed by atoms with Crippen LogP contribution in [0, 0.1) is 6.92 Å². The van der Waals surface area contributed by atoms with Gasteiger partial charge in [0.1, 0.15) is 0 Å². The van der Waals surface area contributed by atoms with E-state index in [1.807, 2.05) is 42.1 Å². The van der Waals surface area contributed by atoms with Crippen LogP contribution in [-0.4, -0.2) is 24.6 Å². The minimum Gasteiger partial charge on any atom is -0.387 e. The normalized spacial score (nSPS) is 13.3. The third-order valence-corrected chi connectivity index (χ3v) is 6.04. The summed E-state index contributed by atoms with van der Waals surface area (Å²) in [5, 5.41) is 11.8. The quantitative estimate of drug-likeness (QED) is 0.716. The molecule has 1 unspecified atom stereocenters. The fraction of sp³-hybridized carbons (Fsp3) is 0.222. The summed E-state index contributed by atoms with van der Waals surface area (Å²) < 4.78 is 29.2. The zero-order valence-corrected chi connectivity index (χ0v) is 15.5. The van der Waals surface area contributed by atoms with Crippen molar-refractivity contribution >= 4 is 32.5 Å². The van der Waals surface area contributed by atoms with E-state index < -0.39 is 16.1 Å². The molecule has 1 heterocycles. The van der Waals surface area contributed by atoms with Crippen molar-refractivity contribution < 1.29 is 13.5 Å². The van der Waals surface area contributed by atoms with Gasteiger partial charge in [-0.15, -0.1) is 0 Å². The number of aliphatic hydroxyl groups excluding tert-OH is 1. The van der Waals surface area contributed by atoms with E-state index in [1.54, 1.807) is 13.0 Å². The Hall–Kier alpha value is -1.86. The first-order valence-corrected chi connectivity index (χ1v) is 9.63. The Morgan fingerprint density at radius 3 is 2.68 bits per heavy atom. The Morgan fingerprint density at radius 2 is 1.96 bits per heavy atom. The molecule has 2 aromatic carbocycles. The van der Waals surface area contributed by atoms with Gasteiger partial charge in [0, 0.05) is 41.3 Å². The second-order valence-electron chi connectivity index (χ2n) is 5.99. The molecule has 0 fully saturated rings. The molecule has 0 spiro atoms. The molecule has 1 atom stereocenters. The van der Waals surface area contributed by atoms with Crippen molar-refractivity contribution in [1.82, 2.24) is 9.29 Å².